The van der Waals surface area contributed by atoms with Crippen LogP contribution in [-0.2, 0) is 9.53 Å². The summed E-state index contributed by atoms with van der Waals surface area (Å²) < 4.78 is 4.98. The Kier molecular flexibility index (Phi) is 4.62. The van der Waals surface area contributed by atoms with Crippen LogP contribution in [0.15, 0.2) is 16.9 Å². The van der Waals surface area contributed by atoms with E-state index in [9.17, 15) is 19.5 Å². The summed E-state index contributed by atoms with van der Waals surface area (Å²) in [6.07, 6.45) is 1.38. The van der Waals surface area contributed by atoms with E-state index in [1.807, 2.05) is 0 Å². The highest BCUT2D eigenvalue weighted by atomic mass is 16.5. The summed E-state index contributed by atoms with van der Waals surface area (Å²) in [5.74, 6) is -1.36. The minimum atomic E-state index is -0.544. The third-order valence-corrected chi connectivity index (χ3v) is 3.41. The number of hydrogen-bond donors (Lipinski definition) is 2. The quantitative estimate of drug-likeness (QED) is 0.791. The fraction of sp³-hybridized carbons (Fsp3) is 0.500. The highest BCUT2D eigenvalue weighted by Crippen LogP contribution is 2.20. The van der Waals surface area contributed by atoms with Gasteiger partial charge in [-0.15, -0.1) is 0 Å². The predicted octanol–water partition coefficient (Wildman–Crippen LogP) is 0.496. The molecule has 0 bridgehead atoms. The van der Waals surface area contributed by atoms with E-state index in [-0.39, 0.29) is 35.8 Å². The number of nitrogens with zero attached hydrogens (tertiary/aromatic N) is 1. The first kappa shape index (κ1) is 15.1. The summed E-state index contributed by atoms with van der Waals surface area (Å²) in [6, 6.07) is 2.34. The van der Waals surface area contributed by atoms with Gasteiger partial charge in [0.1, 0.15) is 0 Å². The lowest BCUT2D eigenvalue weighted by Crippen LogP contribution is -2.43. The van der Waals surface area contributed by atoms with Crippen LogP contribution in [0.2, 0.25) is 0 Å². The van der Waals surface area contributed by atoms with E-state index in [2.05, 4.69) is 4.98 Å². The molecular weight excluding hydrogens is 276 g/mol. The lowest BCUT2D eigenvalue weighted by atomic mass is 9.97. The molecule has 1 atom stereocenters. The van der Waals surface area contributed by atoms with E-state index in [0.29, 0.717) is 26.0 Å². The number of aromatic nitrogens is 1. The maximum atomic E-state index is 12.3. The van der Waals surface area contributed by atoms with Gasteiger partial charge in [0.15, 0.2) is 5.88 Å². The molecule has 0 spiro atoms. The van der Waals surface area contributed by atoms with Crippen molar-refractivity contribution in [2.24, 2.45) is 5.92 Å². The molecule has 1 saturated heterocycles. The van der Waals surface area contributed by atoms with Gasteiger partial charge < -0.3 is 14.7 Å². The second-order valence-corrected chi connectivity index (χ2v) is 4.96. The van der Waals surface area contributed by atoms with Crippen molar-refractivity contribution in [3.8, 4) is 5.88 Å². The van der Waals surface area contributed by atoms with E-state index in [1.54, 1.807) is 6.92 Å². The molecule has 1 fully saturated rings. The van der Waals surface area contributed by atoms with E-state index in [0.717, 1.165) is 6.07 Å². The van der Waals surface area contributed by atoms with Gasteiger partial charge in [0, 0.05) is 25.2 Å². The van der Waals surface area contributed by atoms with Crippen molar-refractivity contribution in [2.45, 2.75) is 19.8 Å². The molecule has 114 valence electrons. The van der Waals surface area contributed by atoms with Crippen LogP contribution in [0.4, 0.5) is 0 Å². The number of pyridine rings is 1. The first-order valence-electron chi connectivity index (χ1n) is 6.90. The van der Waals surface area contributed by atoms with Gasteiger partial charge in [0.05, 0.1) is 18.1 Å². The van der Waals surface area contributed by atoms with Crippen LogP contribution in [0.5, 0.6) is 5.88 Å². The Hall–Kier alpha value is -2.31. The number of esters is 1. The number of nitrogens with one attached hydrogen (secondary N) is 1. The smallest absolute Gasteiger partial charge is 0.310 e. The van der Waals surface area contributed by atoms with Crippen molar-refractivity contribution in [2.75, 3.05) is 19.7 Å². The molecule has 0 aromatic carbocycles. The molecule has 0 radical (unpaired) electrons. The molecule has 1 aliphatic rings. The van der Waals surface area contributed by atoms with Crippen LogP contribution in [0.25, 0.3) is 0 Å². The molecular formula is C14H18N2O5. The Labute approximate surface area is 121 Å². The molecule has 2 N–H and O–H groups in total. The molecule has 7 nitrogen and oxygen atoms in total. The monoisotopic (exact) mass is 294 g/mol. The number of H-pyrrole nitrogens is 1. The Balaban J connectivity index is 2.11. The van der Waals surface area contributed by atoms with Gasteiger partial charge in [-0.3, -0.25) is 19.4 Å². The van der Waals surface area contributed by atoms with Gasteiger partial charge in [-0.1, -0.05) is 0 Å². The molecule has 1 amide bonds. The second-order valence-electron chi connectivity index (χ2n) is 4.96. The number of hydrogen-bond acceptors (Lipinski definition) is 5. The average Bonchev–Trinajstić information content (AvgIpc) is 2.46. The molecule has 2 heterocycles. The van der Waals surface area contributed by atoms with E-state index in [4.69, 9.17) is 4.74 Å². The van der Waals surface area contributed by atoms with E-state index < -0.39 is 5.56 Å². The molecule has 0 aliphatic carbocycles. The van der Waals surface area contributed by atoms with Crippen molar-refractivity contribution in [1.82, 2.24) is 9.88 Å². The molecule has 2 rings (SSSR count). The number of rotatable bonds is 3. The van der Waals surface area contributed by atoms with Gasteiger partial charge in [-0.2, -0.15) is 0 Å². The maximum absolute atomic E-state index is 12.3. The average molecular weight is 294 g/mol. The Morgan fingerprint density at radius 3 is 2.90 bits per heavy atom. The SMILES string of the molecule is CCOC(=O)[C@@H]1CCCN(C(=O)c2cc(O)[nH]c(=O)c2)C1. The van der Waals surface area contributed by atoms with Crippen LogP contribution in [0.1, 0.15) is 30.1 Å². The van der Waals surface area contributed by atoms with Crippen LogP contribution >= 0.6 is 0 Å². The summed E-state index contributed by atoms with van der Waals surface area (Å²) in [5.41, 5.74) is -0.432. The van der Waals surface area contributed by atoms with Crippen molar-refractivity contribution in [3.63, 3.8) is 0 Å². The summed E-state index contributed by atoms with van der Waals surface area (Å²) in [7, 11) is 0. The first-order valence-corrected chi connectivity index (χ1v) is 6.90. The van der Waals surface area contributed by atoms with Gasteiger partial charge >= 0.3 is 5.97 Å². The molecule has 1 aromatic rings. The first-order chi connectivity index (χ1) is 10.0. The van der Waals surface area contributed by atoms with Gasteiger partial charge in [0.2, 0.25) is 0 Å². The maximum Gasteiger partial charge on any atom is 0.310 e. The summed E-state index contributed by atoms with van der Waals surface area (Å²) in [6.45, 7) is 2.83. The predicted molar refractivity (Wildman–Crippen MR) is 74.0 cm³/mol. The van der Waals surface area contributed by atoms with Crippen LogP contribution < -0.4 is 5.56 Å². The topological polar surface area (TPSA) is 99.7 Å². The third kappa shape index (κ3) is 3.62. The largest absolute Gasteiger partial charge is 0.494 e. The molecule has 0 saturated carbocycles. The molecule has 1 aliphatic heterocycles. The van der Waals surface area contributed by atoms with Gasteiger partial charge in [0.25, 0.3) is 11.5 Å². The number of piperidine rings is 1. The minimum absolute atomic E-state index is 0.112. The molecule has 21 heavy (non-hydrogen) atoms. The fourth-order valence-electron chi connectivity index (χ4n) is 2.45. The zero-order chi connectivity index (χ0) is 15.4. The van der Waals surface area contributed by atoms with Gasteiger partial charge in [-0.25, -0.2) is 0 Å². The number of aromatic amines is 1. The summed E-state index contributed by atoms with van der Waals surface area (Å²) >= 11 is 0. The highest BCUT2D eigenvalue weighted by Gasteiger charge is 2.30. The highest BCUT2D eigenvalue weighted by molar-refractivity contribution is 5.94. The van der Waals surface area contributed by atoms with Crippen molar-refractivity contribution >= 4 is 11.9 Å². The summed E-state index contributed by atoms with van der Waals surface area (Å²) in [5, 5.41) is 9.35. The number of carbonyl (C=O) groups excluding carboxylic acids is 2. The summed E-state index contributed by atoms with van der Waals surface area (Å²) in [4.78, 5) is 39.1. The number of likely N-dealkylation sites (tertiary alicyclic amines) is 1. The normalized spacial score (nSPS) is 18.3. The zero-order valence-electron chi connectivity index (χ0n) is 11.8. The fourth-order valence-corrected chi connectivity index (χ4v) is 2.45. The van der Waals surface area contributed by atoms with E-state index >= 15 is 0 Å². The van der Waals surface area contributed by atoms with Crippen LogP contribution in [0.3, 0.4) is 0 Å². The number of aromatic hydroxyl groups is 1. The lowest BCUT2D eigenvalue weighted by molar-refractivity contribution is -0.149. The van der Waals surface area contributed by atoms with Crippen LogP contribution in [0, 0.1) is 5.92 Å². The Morgan fingerprint density at radius 1 is 1.48 bits per heavy atom. The molecule has 0 unspecified atom stereocenters. The third-order valence-electron chi connectivity index (χ3n) is 3.41. The van der Waals surface area contributed by atoms with Crippen molar-refractivity contribution in [1.29, 1.82) is 0 Å². The van der Waals surface area contributed by atoms with Crippen LogP contribution in [-0.4, -0.2) is 46.6 Å². The van der Waals surface area contributed by atoms with Gasteiger partial charge in [-0.05, 0) is 19.8 Å². The van der Waals surface area contributed by atoms with Crippen molar-refractivity contribution < 1.29 is 19.4 Å². The number of amides is 1. The zero-order valence-corrected chi connectivity index (χ0v) is 11.8. The molecule has 1 aromatic heterocycles. The standard InChI is InChI=1S/C14H18N2O5/c1-2-21-14(20)9-4-3-5-16(8-9)13(19)10-6-11(17)15-12(18)7-10/h6-7,9H,2-5,8H2,1H3,(H2,15,17,18)/t9-/m1/s1. The molecule has 7 heteroatoms. The number of ether oxygens (including phenoxy) is 1. The van der Waals surface area contributed by atoms with Crippen molar-refractivity contribution in [3.05, 3.63) is 28.0 Å². The second kappa shape index (κ2) is 6.43. The Bertz CT molecular complexity index is 595. The lowest BCUT2D eigenvalue weighted by Gasteiger charge is -2.31. The Morgan fingerprint density at radius 2 is 2.24 bits per heavy atom. The van der Waals surface area contributed by atoms with E-state index in [1.165, 1.54) is 11.0 Å². The number of carbonyl (C=O) groups is 2. The minimum Gasteiger partial charge on any atom is -0.494 e.